The van der Waals surface area contributed by atoms with Crippen molar-refractivity contribution in [3.8, 4) is 0 Å². The minimum absolute atomic E-state index is 0.0674. The van der Waals surface area contributed by atoms with E-state index in [1.165, 1.54) is 16.8 Å². The summed E-state index contributed by atoms with van der Waals surface area (Å²) in [5.41, 5.74) is 0.894. The maximum atomic E-state index is 11.0. The minimum Gasteiger partial charge on any atom is -0.275 e. The molecule has 6 nitrogen and oxygen atoms in total. The molecule has 0 bridgehead atoms. The molecule has 1 unspecified atom stereocenters. The number of nitrogens with zero attached hydrogens (tertiary/aromatic N) is 3. The summed E-state index contributed by atoms with van der Waals surface area (Å²) in [6.07, 6.45) is 2.96. The zero-order valence-electron chi connectivity index (χ0n) is 9.64. The molecule has 0 aromatic rings. The summed E-state index contributed by atoms with van der Waals surface area (Å²) < 4.78 is 0. The maximum absolute atomic E-state index is 11.0. The van der Waals surface area contributed by atoms with Crippen LogP contribution in [0.1, 0.15) is 26.7 Å². The fourth-order valence-electron chi connectivity index (χ4n) is 1.66. The number of hydrazine groups is 1. The van der Waals surface area contributed by atoms with Crippen molar-refractivity contribution in [1.82, 2.24) is 5.01 Å². The first-order chi connectivity index (χ1) is 7.56. The molecular formula is C9H16N4O2S. The number of rotatable bonds is 4. The Labute approximate surface area is 98.7 Å². The highest BCUT2D eigenvalue weighted by Gasteiger charge is 2.33. The molecule has 0 radical (unpaired) electrons. The first-order valence-corrected chi connectivity index (χ1v) is 6.36. The lowest BCUT2D eigenvalue weighted by Crippen LogP contribution is -2.43. The molecule has 0 aliphatic carbocycles. The van der Waals surface area contributed by atoms with E-state index in [1.807, 2.05) is 20.1 Å². The molecule has 0 aromatic heterocycles. The quantitative estimate of drug-likeness (QED) is 0.461. The average Bonchev–Trinajstić information content (AvgIpc) is 2.27. The smallest absolute Gasteiger partial charge is 0.275 e. The van der Waals surface area contributed by atoms with Crippen LogP contribution in [0.4, 0.5) is 0 Å². The van der Waals surface area contributed by atoms with Crippen LogP contribution in [0.3, 0.4) is 0 Å². The zero-order chi connectivity index (χ0) is 12.3. The first kappa shape index (κ1) is 13.0. The van der Waals surface area contributed by atoms with Gasteiger partial charge in [-0.1, -0.05) is 13.8 Å². The molecule has 0 saturated heterocycles. The molecule has 0 aromatic carbocycles. The normalized spacial score (nSPS) is 21.1. The monoisotopic (exact) mass is 244 g/mol. The Hall–Kier alpha value is -1.08. The molecule has 90 valence electrons. The van der Waals surface area contributed by atoms with Gasteiger partial charge in [0.25, 0.3) is 0 Å². The van der Waals surface area contributed by atoms with E-state index in [-0.39, 0.29) is 11.2 Å². The standard InChI is InChI=1S/C9H16N4O2S/c1-4-6-8(13(14)15)7(5-2)12(10)9(11-6)16-3/h9H,4-5,10H2,1-3H3. The third-order valence-corrected chi connectivity index (χ3v) is 3.18. The topological polar surface area (TPSA) is 84.8 Å². The van der Waals surface area contributed by atoms with Gasteiger partial charge in [-0.05, 0) is 19.1 Å². The van der Waals surface area contributed by atoms with E-state index in [4.69, 9.17) is 5.84 Å². The second-order valence-electron chi connectivity index (χ2n) is 3.30. The number of hydrogen-bond acceptors (Lipinski definition) is 6. The van der Waals surface area contributed by atoms with Gasteiger partial charge >= 0.3 is 5.70 Å². The van der Waals surface area contributed by atoms with Gasteiger partial charge in [-0.2, -0.15) is 0 Å². The van der Waals surface area contributed by atoms with E-state index in [0.29, 0.717) is 24.3 Å². The van der Waals surface area contributed by atoms with Gasteiger partial charge in [0.15, 0.2) is 5.50 Å². The summed E-state index contributed by atoms with van der Waals surface area (Å²) >= 11 is 1.46. The van der Waals surface area contributed by atoms with Crippen molar-refractivity contribution < 1.29 is 4.92 Å². The molecule has 1 aliphatic heterocycles. The zero-order valence-corrected chi connectivity index (χ0v) is 10.5. The largest absolute Gasteiger partial charge is 0.310 e. The predicted molar refractivity (Wildman–Crippen MR) is 65.4 cm³/mol. The summed E-state index contributed by atoms with van der Waals surface area (Å²) in [5, 5.41) is 12.4. The van der Waals surface area contributed by atoms with Gasteiger partial charge in [0.1, 0.15) is 11.4 Å². The van der Waals surface area contributed by atoms with E-state index in [0.717, 1.165) is 0 Å². The van der Waals surface area contributed by atoms with Crippen molar-refractivity contribution in [3.05, 3.63) is 21.5 Å². The lowest BCUT2D eigenvalue weighted by Gasteiger charge is -2.30. The highest BCUT2D eigenvalue weighted by molar-refractivity contribution is 7.99. The molecule has 0 saturated carbocycles. The Morgan fingerprint density at radius 1 is 1.56 bits per heavy atom. The lowest BCUT2D eigenvalue weighted by atomic mass is 10.1. The van der Waals surface area contributed by atoms with Gasteiger partial charge in [-0.15, -0.1) is 11.8 Å². The number of nitro groups is 1. The van der Waals surface area contributed by atoms with Crippen LogP contribution in [-0.2, 0) is 0 Å². The SMILES string of the molecule is CCC1=NC(SC)N(N)C(CC)=C1[N+](=O)[O-]. The highest BCUT2D eigenvalue weighted by atomic mass is 32.2. The maximum Gasteiger partial charge on any atom is 0.310 e. The molecule has 7 heteroatoms. The van der Waals surface area contributed by atoms with Gasteiger partial charge in [0.2, 0.25) is 0 Å². The van der Waals surface area contributed by atoms with Crippen molar-refractivity contribution in [2.75, 3.05) is 6.26 Å². The van der Waals surface area contributed by atoms with Gasteiger partial charge in [-0.25, -0.2) is 10.8 Å². The van der Waals surface area contributed by atoms with Crippen LogP contribution >= 0.6 is 11.8 Å². The van der Waals surface area contributed by atoms with Crippen LogP contribution in [-0.4, -0.2) is 27.4 Å². The number of allylic oxidation sites excluding steroid dienone is 2. The van der Waals surface area contributed by atoms with E-state index < -0.39 is 4.92 Å². The minimum atomic E-state index is -0.391. The van der Waals surface area contributed by atoms with E-state index in [9.17, 15) is 10.1 Å². The first-order valence-electron chi connectivity index (χ1n) is 5.08. The van der Waals surface area contributed by atoms with Crippen molar-refractivity contribution in [2.24, 2.45) is 10.8 Å². The summed E-state index contributed by atoms with van der Waals surface area (Å²) in [7, 11) is 0. The molecule has 1 rings (SSSR count). The van der Waals surface area contributed by atoms with E-state index >= 15 is 0 Å². The third-order valence-electron chi connectivity index (χ3n) is 2.43. The molecule has 1 heterocycles. The predicted octanol–water partition coefficient (Wildman–Crippen LogP) is 1.57. The van der Waals surface area contributed by atoms with Gasteiger partial charge in [0, 0.05) is 0 Å². The van der Waals surface area contributed by atoms with Crippen molar-refractivity contribution >= 4 is 17.5 Å². The molecule has 0 fully saturated rings. The Bertz CT molecular complexity index is 353. The second kappa shape index (κ2) is 5.31. The summed E-state index contributed by atoms with van der Waals surface area (Å²) in [5.74, 6) is 5.83. The highest BCUT2D eigenvalue weighted by Crippen LogP contribution is 2.27. The molecule has 1 atom stereocenters. The Morgan fingerprint density at radius 2 is 2.19 bits per heavy atom. The van der Waals surface area contributed by atoms with E-state index in [2.05, 4.69) is 4.99 Å². The molecule has 1 aliphatic rings. The third kappa shape index (κ3) is 2.19. The van der Waals surface area contributed by atoms with Gasteiger partial charge in [0.05, 0.1) is 4.92 Å². The second-order valence-corrected chi connectivity index (χ2v) is 4.20. The van der Waals surface area contributed by atoms with Crippen LogP contribution in [0, 0.1) is 10.1 Å². The van der Waals surface area contributed by atoms with Crippen LogP contribution in [0.15, 0.2) is 16.4 Å². The number of aliphatic imine (C=N–C) groups is 1. The van der Waals surface area contributed by atoms with Crippen LogP contribution < -0.4 is 5.84 Å². The molecular weight excluding hydrogens is 228 g/mol. The van der Waals surface area contributed by atoms with Crippen molar-refractivity contribution in [3.63, 3.8) is 0 Å². The number of thioether (sulfide) groups is 1. The van der Waals surface area contributed by atoms with Gasteiger partial charge < -0.3 is 0 Å². The summed E-state index contributed by atoms with van der Waals surface area (Å²) in [4.78, 5) is 14.9. The van der Waals surface area contributed by atoms with E-state index in [1.54, 1.807) is 0 Å². The average molecular weight is 244 g/mol. The molecule has 16 heavy (non-hydrogen) atoms. The Kier molecular flexibility index (Phi) is 4.31. The molecule has 2 N–H and O–H groups in total. The Morgan fingerprint density at radius 3 is 2.56 bits per heavy atom. The number of nitrogens with two attached hydrogens (primary N) is 1. The van der Waals surface area contributed by atoms with Gasteiger partial charge in [-0.3, -0.25) is 15.1 Å². The van der Waals surface area contributed by atoms with Crippen LogP contribution in [0.5, 0.6) is 0 Å². The number of hydrogen-bond donors (Lipinski definition) is 1. The fraction of sp³-hybridized carbons (Fsp3) is 0.667. The fourth-order valence-corrected chi connectivity index (χ4v) is 2.25. The molecule has 0 amide bonds. The van der Waals surface area contributed by atoms with Crippen molar-refractivity contribution in [2.45, 2.75) is 32.2 Å². The molecule has 0 spiro atoms. The lowest BCUT2D eigenvalue weighted by molar-refractivity contribution is -0.418. The van der Waals surface area contributed by atoms with Crippen molar-refractivity contribution in [1.29, 1.82) is 0 Å². The Balaban J connectivity index is 3.25. The van der Waals surface area contributed by atoms with Crippen LogP contribution in [0.2, 0.25) is 0 Å². The van der Waals surface area contributed by atoms with Crippen LogP contribution in [0.25, 0.3) is 0 Å². The summed E-state index contributed by atoms with van der Waals surface area (Å²) in [6.45, 7) is 3.72. The summed E-state index contributed by atoms with van der Waals surface area (Å²) in [6, 6.07) is 0.